The Morgan fingerprint density at radius 3 is 2.47 bits per heavy atom. The van der Waals surface area contributed by atoms with Gasteiger partial charge in [-0.15, -0.1) is 10.2 Å². The Balaban J connectivity index is 1.69. The van der Waals surface area contributed by atoms with Crippen molar-refractivity contribution in [1.29, 1.82) is 0 Å². The smallest absolute Gasteiger partial charge is 0.253 e. The third kappa shape index (κ3) is 6.03. The number of para-hydroxylation sites is 1. The maximum atomic E-state index is 12.8. The molecule has 2 amide bonds. The third-order valence-electron chi connectivity index (χ3n) is 4.67. The summed E-state index contributed by atoms with van der Waals surface area (Å²) in [6, 6.07) is 13.6. The van der Waals surface area contributed by atoms with Crippen molar-refractivity contribution in [2.24, 2.45) is 13.0 Å². The minimum absolute atomic E-state index is 0.0344. The zero-order valence-corrected chi connectivity index (χ0v) is 20.1. The monoisotopic (exact) mass is 491 g/mol. The van der Waals surface area contributed by atoms with Gasteiger partial charge in [0.2, 0.25) is 5.91 Å². The highest BCUT2D eigenvalue weighted by atomic mass is 35.5. The van der Waals surface area contributed by atoms with Crippen LogP contribution >= 0.6 is 35.0 Å². The van der Waals surface area contributed by atoms with E-state index < -0.39 is 6.04 Å². The summed E-state index contributed by atoms with van der Waals surface area (Å²) >= 11 is 13.4. The van der Waals surface area contributed by atoms with Gasteiger partial charge < -0.3 is 15.2 Å². The molecule has 0 aliphatic carbocycles. The summed E-state index contributed by atoms with van der Waals surface area (Å²) in [5.74, 6) is 0.332. The van der Waals surface area contributed by atoms with Crippen LogP contribution in [-0.4, -0.2) is 32.3 Å². The maximum Gasteiger partial charge on any atom is 0.253 e. The lowest BCUT2D eigenvalue weighted by molar-refractivity contribution is -0.113. The number of amides is 2. The molecule has 0 radical (unpaired) electrons. The van der Waals surface area contributed by atoms with E-state index in [-0.39, 0.29) is 28.5 Å². The summed E-state index contributed by atoms with van der Waals surface area (Å²) in [6.45, 7) is 3.95. The molecule has 0 fully saturated rings. The van der Waals surface area contributed by atoms with Crippen molar-refractivity contribution in [3.05, 3.63) is 70.0 Å². The molecule has 7 nitrogen and oxygen atoms in total. The van der Waals surface area contributed by atoms with E-state index in [2.05, 4.69) is 20.8 Å². The van der Waals surface area contributed by atoms with Crippen LogP contribution in [0.1, 0.15) is 36.1 Å². The number of anilines is 1. The second-order valence-electron chi connectivity index (χ2n) is 7.42. The number of hydrogen-bond acceptors (Lipinski definition) is 5. The predicted octanol–water partition coefficient (Wildman–Crippen LogP) is 4.98. The first-order valence-corrected chi connectivity index (χ1v) is 11.6. The Bertz CT molecular complexity index is 1100. The number of nitrogens with one attached hydrogen (secondary N) is 2. The Morgan fingerprint density at radius 1 is 1.09 bits per heavy atom. The lowest BCUT2D eigenvalue weighted by Crippen LogP contribution is -2.33. The van der Waals surface area contributed by atoms with Crippen LogP contribution < -0.4 is 10.6 Å². The molecule has 2 N–H and O–H groups in total. The van der Waals surface area contributed by atoms with E-state index in [1.807, 2.05) is 51.2 Å². The Labute approximate surface area is 200 Å². The molecule has 1 heterocycles. The molecule has 32 heavy (non-hydrogen) atoms. The van der Waals surface area contributed by atoms with Gasteiger partial charge in [-0.3, -0.25) is 9.59 Å². The molecule has 1 unspecified atom stereocenters. The van der Waals surface area contributed by atoms with Crippen molar-refractivity contribution < 1.29 is 9.59 Å². The summed E-state index contributed by atoms with van der Waals surface area (Å²) in [6.07, 6.45) is 0. The summed E-state index contributed by atoms with van der Waals surface area (Å²) in [7, 11) is 1.81. The van der Waals surface area contributed by atoms with E-state index in [0.717, 1.165) is 5.69 Å². The molecule has 0 aliphatic rings. The SMILES string of the molecule is CC(C)C(NC(=O)c1ccc(Cl)cc1Cl)c1nnc(SCC(=O)Nc2ccccc2)n1C. The molecule has 0 spiro atoms. The number of carbonyl (C=O) groups excluding carboxylic acids is 2. The molecule has 10 heteroatoms. The van der Waals surface area contributed by atoms with Crippen LogP contribution in [0.3, 0.4) is 0 Å². The zero-order valence-electron chi connectivity index (χ0n) is 17.8. The number of rotatable bonds is 8. The van der Waals surface area contributed by atoms with E-state index in [4.69, 9.17) is 23.2 Å². The lowest BCUT2D eigenvalue weighted by Gasteiger charge is -2.22. The summed E-state index contributed by atoms with van der Waals surface area (Å²) < 4.78 is 1.79. The van der Waals surface area contributed by atoms with Crippen LogP contribution in [0, 0.1) is 5.92 Å². The molecule has 0 aliphatic heterocycles. The normalized spacial score (nSPS) is 11.9. The average molecular weight is 492 g/mol. The Kier molecular flexibility index (Phi) is 8.17. The Morgan fingerprint density at radius 2 is 1.81 bits per heavy atom. The van der Waals surface area contributed by atoms with Crippen LogP contribution in [0.2, 0.25) is 10.0 Å². The van der Waals surface area contributed by atoms with Gasteiger partial charge in [-0.1, -0.05) is 67.0 Å². The van der Waals surface area contributed by atoms with Crippen LogP contribution in [0.25, 0.3) is 0 Å². The van der Waals surface area contributed by atoms with Gasteiger partial charge >= 0.3 is 0 Å². The quantitative estimate of drug-likeness (QED) is 0.433. The van der Waals surface area contributed by atoms with Crippen molar-refractivity contribution in [3.63, 3.8) is 0 Å². The second-order valence-corrected chi connectivity index (χ2v) is 9.21. The van der Waals surface area contributed by atoms with Crippen molar-refractivity contribution in [2.45, 2.75) is 25.0 Å². The van der Waals surface area contributed by atoms with Crippen molar-refractivity contribution >= 4 is 52.5 Å². The first-order valence-electron chi connectivity index (χ1n) is 9.89. The fraction of sp³-hybridized carbons (Fsp3) is 0.273. The maximum absolute atomic E-state index is 12.8. The molecular weight excluding hydrogens is 469 g/mol. The summed E-state index contributed by atoms with van der Waals surface area (Å²) in [4.78, 5) is 25.1. The van der Waals surface area contributed by atoms with Gasteiger partial charge in [0.15, 0.2) is 11.0 Å². The molecule has 3 aromatic rings. The highest BCUT2D eigenvalue weighted by Gasteiger charge is 2.26. The molecule has 0 saturated carbocycles. The molecule has 0 bridgehead atoms. The van der Waals surface area contributed by atoms with Gasteiger partial charge in [-0.2, -0.15) is 0 Å². The van der Waals surface area contributed by atoms with Gasteiger partial charge in [-0.25, -0.2) is 0 Å². The van der Waals surface area contributed by atoms with Crippen LogP contribution in [0.15, 0.2) is 53.7 Å². The minimum atomic E-state index is -0.403. The van der Waals surface area contributed by atoms with E-state index in [1.54, 1.807) is 16.7 Å². The molecule has 3 rings (SSSR count). The van der Waals surface area contributed by atoms with Gasteiger partial charge in [0, 0.05) is 17.8 Å². The number of aromatic nitrogens is 3. The fourth-order valence-corrected chi connectivity index (χ4v) is 4.21. The number of hydrogen-bond donors (Lipinski definition) is 2. The number of thioether (sulfide) groups is 1. The number of halogens is 2. The molecule has 0 saturated heterocycles. The van der Waals surface area contributed by atoms with Gasteiger partial charge in [0.1, 0.15) is 0 Å². The Hall–Kier alpha value is -2.55. The van der Waals surface area contributed by atoms with Crippen LogP contribution in [0.5, 0.6) is 0 Å². The van der Waals surface area contributed by atoms with E-state index >= 15 is 0 Å². The van der Waals surface area contributed by atoms with Crippen molar-refractivity contribution in [3.8, 4) is 0 Å². The van der Waals surface area contributed by atoms with E-state index in [0.29, 0.717) is 21.6 Å². The first kappa shape index (κ1) is 24.1. The highest BCUT2D eigenvalue weighted by molar-refractivity contribution is 7.99. The molecule has 1 aromatic heterocycles. The topological polar surface area (TPSA) is 88.9 Å². The first-order chi connectivity index (χ1) is 15.3. The molecule has 168 valence electrons. The predicted molar refractivity (Wildman–Crippen MR) is 128 cm³/mol. The van der Waals surface area contributed by atoms with Gasteiger partial charge in [0.25, 0.3) is 5.91 Å². The number of carbonyl (C=O) groups is 2. The van der Waals surface area contributed by atoms with Crippen molar-refractivity contribution in [2.75, 3.05) is 11.1 Å². The molecule has 2 aromatic carbocycles. The zero-order chi connectivity index (χ0) is 23.3. The van der Waals surface area contributed by atoms with Crippen LogP contribution in [0.4, 0.5) is 5.69 Å². The van der Waals surface area contributed by atoms with Gasteiger partial charge in [0.05, 0.1) is 22.4 Å². The molecule has 1 atom stereocenters. The number of nitrogens with zero attached hydrogens (tertiary/aromatic N) is 3. The fourth-order valence-electron chi connectivity index (χ4n) is 2.99. The van der Waals surface area contributed by atoms with E-state index in [1.165, 1.54) is 17.8 Å². The minimum Gasteiger partial charge on any atom is -0.342 e. The van der Waals surface area contributed by atoms with Crippen molar-refractivity contribution in [1.82, 2.24) is 20.1 Å². The molecular formula is C22H23Cl2N5O2S. The largest absolute Gasteiger partial charge is 0.342 e. The van der Waals surface area contributed by atoms with Crippen LogP contribution in [-0.2, 0) is 11.8 Å². The van der Waals surface area contributed by atoms with Gasteiger partial charge in [-0.05, 0) is 36.2 Å². The summed E-state index contributed by atoms with van der Waals surface area (Å²) in [5.41, 5.74) is 1.07. The lowest BCUT2D eigenvalue weighted by atomic mass is 10.0. The average Bonchev–Trinajstić information content (AvgIpc) is 3.11. The second kappa shape index (κ2) is 10.8. The summed E-state index contributed by atoms with van der Waals surface area (Å²) in [5, 5.41) is 15.6. The third-order valence-corrected chi connectivity index (χ3v) is 6.23. The van der Waals surface area contributed by atoms with E-state index in [9.17, 15) is 9.59 Å². The highest BCUT2D eigenvalue weighted by Crippen LogP contribution is 2.26. The number of benzene rings is 2. The standard InChI is InChI=1S/C22H23Cl2N5O2S/c1-13(2)19(26-21(31)16-10-9-14(23)11-17(16)24)20-27-28-22(29(20)3)32-12-18(30)25-15-7-5-4-6-8-15/h4-11,13,19H,12H2,1-3H3,(H,25,30)(H,26,31).